The highest BCUT2D eigenvalue weighted by Gasteiger charge is 2.42. The number of carboxylic acid groups (broad SMARTS) is 1. The van der Waals surface area contributed by atoms with Gasteiger partial charge in [0, 0.05) is 17.3 Å². The van der Waals surface area contributed by atoms with Crippen LogP contribution in [0.2, 0.25) is 5.02 Å². The van der Waals surface area contributed by atoms with E-state index < -0.39 is 11.5 Å². The van der Waals surface area contributed by atoms with Crippen molar-refractivity contribution in [2.45, 2.75) is 91.6 Å². The van der Waals surface area contributed by atoms with Crippen molar-refractivity contribution in [2.75, 3.05) is 0 Å². The molecule has 182 valence electrons. The SMILES string of the molecule is CC(C)C1=CN([C@H]2CC[C@@H](C(=O)O)CC2)C(=O)N[C@]1(C)c1ccc(CCC(C)(C)C)c(Cl)c1. The minimum atomic E-state index is -0.731. The fourth-order valence-electron chi connectivity index (χ4n) is 5.10. The molecule has 1 atom stereocenters. The van der Waals surface area contributed by atoms with Gasteiger partial charge in [-0.3, -0.25) is 9.69 Å². The molecule has 0 unspecified atom stereocenters. The van der Waals surface area contributed by atoms with Crippen LogP contribution in [0, 0.1) is 17.3 Å². The van der Waals surface area contributed by atoms with Crippen LogP contribution in [0.4, 0.5) is 4.79 Å². The number of aryl methyl sites for hydroxylation is 1. The highest BCUT2D eigenvalue weighted by molar-refractivity contribution is 6.31. The second-order valence-corrected chi connectivity index (χ2v) is 11.8. The maximum absolute atomic E-state index is 13.3. The van der Waals surface area contributed by atoms with Gasteiger partial charge in [0.25, 0.3) is 0 Å². The summed E-state index contributed by atoms with van der Waals surface area (Å²) in [6.45, 7) is 13.0. The Bertz CT molecular complexity index is 926. The van der Waals surface area contributed by atoms with Crippen molar-refractivity contribution in [3.05, 3.63) is 46.1 Å². The monoisotopic (exact) mass is 474 g/mol. The fourth-order valence-corrected chi connectivity index (χ4v) is 5.37. The Morgan fingerprint density at radius 3 is 2.39 bits per heavy atom. The number of carbonyl (C=O) groups excluding carboxylic acids is 1. The molecule has 2 amide bonds. The third-order valence-corrected chi connectivity index (χ3v) is 7.63. The first-order chi connectivity index (χ1) is 15.3. The Balaban J connectivity index is 1.87. The van der Waals surface area contributed by atoms with Gasteiger partial charge >= 0.3 is 12.0 Å². The maximum Gasteiger partial charge on any atom is 0.322 e. The van der Waals surface area contributed by atoms with E-state index in [9.17, 15) is 14.7 Å². The van der Waals surface area contributed by atoms with E-state index in [1.807, 2.05) is 12.3 Å². The van der Waals surface area contributed by atoms with E-state index in [0.717, 1.165) is 34.6 Å². The summed E-state index contributed by atoms with van der Waals surface area (Å²) in [6, 6.07) is 6.09. The third kappa shape index (κ3) is 5.74. The number of amides is 2. The van der Waals surface area contributed by atoms with Crippen LogP contribution < -0.4 is 5.32 Å². The molecular weight excluding hydrogens is 436 g/mol. The Labute approximate surface area is 203 Å². The van der Waals surface area contributed by atoms with Gasteiger partial charge in [-0.05, 0) is 79.5 Å². The zero-order chi connectivity index (χ0) is 24.6. The van der Waals surface area contributed by atoms with Gasteiger partial charge in [0.1, 0.15) is 0 Å². The number of rotatable bonds is 6. The molecule has 0 aromatic heterocycles. The van der Waals surface area contributed by atoms with Gasteiger partial charge in [0.05, 0.1) is 11.5 Å². The van der Waals surface area contributed by atoms with Crippen molar-refractivity contribution in [1.29, 1.82) is 0 Å². The lowest BCUT2D eigenvalue weighted by Gasteiger charge is -2.45. The molecule has 2 aliphatic rings. The summed E-state index contributed by atoms with van der Waals surface area (Å²) in [5.74, 6) is -0.815. The highest BCUT2D eigenvalue weighted by atomic mass is 35.5. The van der Waals surface area contributed by atoms with Crippen LogP contribution in [0.1, 0.15) is 84.8 Å². The summed E-state index contributed by atoms with van der Waals surface area (Å²) in [5, 5.41) is 13.3. The normalized spacial score (nSPS) is 26.2. The van der Waals surface area contributed by atoms with E-state index in [-0.39, 0.29) is 29.3 Å². The number of hydrogen-bond acceptors (Lipinski definition) is 2. The molecule has 1 fully saturated rings. The van der Waals surface area contributed by atoms with Gasteiger partial charge < -0.3 is 10.4 Å². The molecule has 0 radical (unpaired) electrons. The quantitative estimate of drug-likeness (QED) is 0.479. The Hall–Kier alpha value is -2.01. The van der Waals surface area contributed by atoms with Crippen molar-refractivity contribution in [1.82, 2.24) is 10.2 Å². The minimum absolute atomic E-state index is 0.0299. The zero-order valence-electron chi connectivity index (χ0n) is 20.9. The summed E-state index contributed by atoms with van der Waals surface area (Å²) in [5.41, 5.74) is 2.83. The van der Waals surface area contributed by atoms with Crippen LogP contribution in [0.25, 0.3) is 0 Å². The molecule has 6 heteroatoms. The van der Waals surface area contributed by atoms with Crippen LogP contribution in [0.3, 0.4) is 0 Å². The number of nitrogens with one attached hydrogen (secondary N) is 1. The molecule has 5 nitrogen and oxygen atoms in total. The number of carboxylic acids is 1. The molecule has 1 aromatic carbocycles. The largest absolute Gasteiger partial charge is 0.481 e. The van der Waals surface area contributed by atoms with Crippen LogP contribution in [-0.4, -0.2) is 28.0 Å². The van der Waals surface area contributed by atoms with Crippen LogP contribution in [0.15, 0.2) is 30.0 Å². The predicted molar refractivity (Wildman–Crippen MR) is 133 cm³/mol. The summed E-state index contributed by atoms with van der Waals surface area (Å²) in [6.07, 6.45) is 6.61. The molecule has 0 bridgehead atoms. The lowest BCUT2D eigenvalue weighted by atomic mass is 9.77. The standard InChI is InChI=1S/C27H39ClN2O3/c1-17(2)22-16-30(21-11-8-19(9-12-21)24(31)32)25(33)29-27(22,6)20-10-7-18(23(28)15-20)13-14-26(3,4)5/h7,10,15-17,19,21H,8-9,11-14H2,1-6H3,(H,29,33)(H,31,32)/t19-,21+,27-/m1/s1. The molecule has 3 rings (SSSR count). The topological polar surface area (TPSA) is 69.6 Å². The summed E-state index contributed by atoms with van der Waals surface area (Å²) < 4.78 is 0. The van der Waals surface area contributed by atoms with Gasteiger partial charge in [-0.15, -0.1) is 0 Å². The number of aliphatic carboxylic acids is 1. The van der Waals surface area contributed by atoms with E-state index in [2.05, 4.69) is 59.0 Å². The van der Waals surface area contributed by atoms with Crippen LogP contribution in [0.5, 0.6) is 0 Å². The zero-order valence-corrected chi connectivity index (χ0v) is 21.6. The van der Waals surface area contributed by atoms with Crippen molar-refractivity contribution >= 4 is 23.6 Å². The Kier molecular flexibility index (Phi) is 7.52. The molecule has 1 heterocycles. The van der Waals surface area contributed by atoms with Gasteiger partial charge in [-0.25, -0.2) is 4.79 Å². The molecule has 2 N–H and O–H groups in total. The number of carbonyl (C=O) groups is 2. The van der Waals surface area contributed by atoms with Crippen molar-refractivity contribution in [2.24, 2.45) is 17.3 Å². The lowest BCUT2D eigenvalue weighted by Crippen LogP contribution is -2.57. The predicted octanol–water partition coefficient (Wildman–Crippen LogP) is 6.74. The Morgan fingerprint density at radius 2 is 1.88 bits per heavy atom. The molecule has 1 aliphatic heterocycles. The first-order valence-electron chi connectivity index (χ1n) is 12.2. The summed E-state index contributed by atoms with van der Waals surface area (Å²) >= 11 is 6.70. The van der Waals surface area contributed by atoms with Crippen molar-refractivity contribution in [3.8, 4) is 0 Å². The summed E-state index contributed by atoms with van der Waals surface area (Å²) in [7, 11) is 0. The molecule has 1 aromatic rings. The molecule has 0 saturated heterocycles. The molecular formula is C27H39ClN2O3. The molecule has 1 aliphatic carbocycles. The average molecular weight is 475 g/mol. The Morgan fingerprint density at radius 1 is 1.24 bits per heavy atom. The second-order valence-electron chi connectivity index (χ2n) is 11.4. The maximum atomic E-state index is 13.3. The van der Waals surface area contributed by atoms with Gasteiger partial charge in [-0.1, -0.05) is 58.4 Å². The van der Waals surface area contributed by atoms with E-state index in [0.29, 0.717) is 25.7 Å². The van der Waals surface area contributed by atoms with Crippen LogP contribution >= 0.6 is 11.6 Å². The fraction of sp³-hybridized carbons (Fsp3) is 0.630. The lowest BCUT2D eigenvalue weighted by molar-refractivity contribution is -0.143. The molecule has 1 saturated carbocycles. The van der Waals surface area contributed by atoms with Crippen molar-refractivity contribution in [3.63, 3.8) is 0 Å². The van der Waals surface area contributed by atoms with Gasteiger partial charge in [-0.2, -0.15) is 0 Å². The highest BCUT2D eigenvalue weighted by Crippen LogP contribution is 2.40. The molecule has 33 heavy (non-hydrogen) atoms. The van der Waals surface area contributed by atoms with Crippen molar-refractivity contribution < 1.29 is 14.7 Å². The van der Waals surface area contributed by atoms with Crippen LogP contribution in [-0.2, 0) is 16.8 Å². The van der Waals surface area contributed by atoms with E-state index in [1.54, 1.807) is 4.90 Å². The third-order valence-electron chi connectivity index (χ3n) is 7.28. The van der Waals surface area contributed by atoms with E-state index >= 15 is 0 Å². The summed E-state index contributed by atoms with van der Waals surface area (Å²) in [4.78, 5) is 26.4. The van der Waals surface area contributed by atoms with Gasteiger partial charge in [0.15, 0.2) is 0 Å². The first-order valence-corrected chi connectivity index (χ1v) is 12.5. The number of hydrogen-bond donors (Lipinski definition) is 2. The number of urea groups is 1. The second kappa shape index (κ2) is 9.69. The van der Waals surface area contributed by atoms with Gasteiger partial charge in [0.2, 0.25) is 0 Å². The van der Waals surface area contributed by atoms with E-state index in [4.69, 9.17) is 11.6 Å². The van der Waals surface area contributed by atoms with E-state index in [1.165, 1.54) is 0 Å². The number of benzene rings is 1. The number of halogens is 1. The number of nitrogens with zero attached hydrogens (tertiary/aromatic N) is 1. The smallest absolute Gasteiger partial charge is 0.322 e. The minimum Gasteiger partial charge on any atom is -0.481 e. The first kappa shape index (κ1) is 25.6. The molecule has 0 spiro atoms. The average Bonchev–Trinajstić information content (AvgIpc) is 2.72.